The van der Waals surface area contributed by atoms with Crippen LogP contribution in [0.15, 0.2) is 5.16 Å². The Kier molecular flexibility index (Phi) is 3.60. The van der Waals surface area contributed by atoms with Gasteiger partial charge >= 0.3 is 0 Å². The number of oxime groups is 1. The lowest BCUT2D eigenvalue weighted by Gasteiger charge is -2.42. The number of piperidine rings is 1. The molecule has 1 N–H and O–H groups in total. The van der Waals surface area contributed by atoms with Gasteiger partial charge < -0.3 is 5.21 Å². The maximum atomic E-state index is 13.1. The minimum absolute atomic E-state index is 0.0214. The molecular formula is C15H26N2O3S. The second-order valence-electron chi connectivity index (χ2n) is 7.51. The molecule has 1 heterocycles. The summed E-state index contributed by atoms with van der Waals surface area (Å²) < 4.78 is 27.8. The lowest BCUT2D eigenvalue weighted by atomic mass is 9.69. The quantitative estimate of drug-likeness (QED) is 0.628. The van der Waals surface area contributed by atoms with E-state index < -0.39 is 15.3 Å². The maximum absolute atomic E-state index is 13.1. The third kappa shape index (κ3) is 2.05. The van der Waals surface area contributed by atoms with Gasteiger partial charge in [0.25, 0.3) is 0 Å². The zero-order chi connectivity index (χ0) is 15.4. The van der Waals surface area contributed by atoms with Crippen LogP contribution in [0.5, 0.6) is 0 Å². The fourth-order valence-corrected chi connectivity index (χ4v) is 7.21. The minimum atomic E-state index is -3.41. The molecule has 6 heteroatoms. The molecule has 1 aliphatic heterocycles. The van der Waals surface area contributed by atoms with Crippen LogP contribution in [0.1, 0.15) is 46.5 Å². The Hall–Kier alpha value is -0.620. The van der Waals surface area contributed by atoms with E-state index in [0.29, 0.717) is 24.7 Å². The largest absolute Gasteiger partial charge is 0.411 e. The molecule has 120 valence electrons. The highest BCUT2D eigenvalue weighted by Gasteiger charge is 2.63. The Balaban J connectivity index is 1.97. The van der Waals surface area contributed by atoms with Crippen molar-refractivity contribution in [1.29, 1.82) is 0 Å². The molecule has 2 aliphatic carbocycles. The van der Waals surface area contributed by atoms with Gasteiger partial charge in [-0.05, 0) is 36.5 Å². The Morgan fingerprint density at radius 1 is 1.24 bits per heavy atom. The normalized spacial score (nSPS) is 41.8. The maximum Gasteiger partial charge on any atom is 0.222 e. The van der Waals surface area contributed by atoms with Crippen molar-refractivity contribution in [3.05, 3.63) is 0 Å². The summed E-state index contributed by atoms with van der Waals surface area (Å²) in [7, 11) is -3.41. The lowest BCUT2D eigenvalue weighted by molar-refractivity contribution is 0.177. The minimum Gasteiger partial charge on any atom is -0.411 e. The van der Waals surface area contributed by atoms with E-state index in [1.54, 1.807) is 4.31 Å². The van der Waals surface area contributed by atoms with Crippen LogP contribution >= 0.6 is 0 Å². The van der Waals surface area contributed by atoms with Gasteiger partial charge in [-0.1, -0.05) is 32.3 Å². The summed E-state index contributed by atoms with van der Waals surface area (Å²) in [4.78, 5) is 0. The van der Waals surface area contributed by atoms with Gasteiger partial charge in [0.15, 0.2) is 0 Å². The fraction of sp³-hybridized carbons (Fsp3) is 0.933. The predicted molar refractivity (Wildman–Crippen MR) is 81.9 cm³/mol. The molecule has 3 aliphatic rings. The van der Waals surface area contributed by atoms with E-state index in [9.17, 15) is 13.6 Å². The standard InChI is InChI=1S/C15H26N2O3S/c1-10-11-9-12(15(10,2)3)14(13(11)16-18)21(19,20)17-7-5-4-6-8-17/h10-12,14,18H,4-9H2,1-3H3/b16-13-/t10-,11+,12+,14-/m0/s1. The van der Waals surface area contributed by atoms with Gasteiger partial charge in [-0.15, -0.1) is 0 Å². The van der Waals surface area contributed by atoms with Crippen molar-refractivity contribution >= 4 is 15.7 Å². The summed E-state index contributed by atoms with van der Waals surface area (Å²) in [6.45, 7) is 7.71. The van der Waals surface area contributed by atoms with Crippen LogP contribution in [0.25, 0.3) is 0 Å². The molecular weight excluding hydrogens is 288 g/mol. The summed E-state index contributed by atoms with van der Waals surface area (Å²) in [5.41, 5.74) is 0.490. The highest BCUT2D eigenvalue weighted by molar-refractivity contribution is 7.90. The fourth-order valence-electron chi connectivity index (χ4n) is 4.72. The molecule has 2 saturated carbocycles. The first-order valence-electron chi connectivity index (χ1n) is 8.02. The third-order valence-corrected chi connectivity index (χ3v) is 8.69. The van der Waals surface area contributed by atoms with Gasteiger partial charge in [0.2, 0.25) is 10.0 Å². The van der Waals surface area contributed by atoms with E-state index in [2.05, 4.69) is 25.9 Å². The molecule has 4 atom stereocenters. The molecule has 0 spiro atoms. The average Bonchev–Trinajstić information content (AvgIpc) is 2.96. The van der Waals surface area contributed by atoms with Crippen LogP contribution in [-0.4, -0.2) is 42.0 Å². The molecule has 0 amide bonds. The van der Waals surface area contributed by atoms with E-state index >= 15 is 0 Å². The second kappa shape index (κ2) is 4.95. The SMILES string of the molecule is C[C@H]1[C@H]2C[C@H]([C@H](S(=O)(=O)N3CCCCC3)/C2=N\O)C1(C)C. The number of hydrogen-bond donors (Lipinski definition) is 1. The predicted octanol–water partition coefficient (Wildman–Crippen LogP) is 2.31. The van der Waals surface area contributed by atoms with Crippen molar-refractivity contribution in [2.45, 2.75) is 51.7 Å². The topological polar surface area (TPSA) is 70.0 Å². The zero-order valence-electron chi connectivity index (χ0n) is 13.1. The van der Waals surface area contributed by atoms with Crippen LogP contribution in [0.4, 0.5) is 0 Å². The van der Waals surface area contributed by atoms with Crippen molar-refractivity contribution in [3.63, 3.8) is 0 Å². The molecule has 5 nitrogen and oxygen atoms in total. The number of hydrogen-bond acceptors (Lipinski definition) is 4. The van der Waals surface area contributed by atoms with Crippen molar-refractivity contribution in [2.75, 3.05) is 13.1 Å². The van der Waals surface area contributed by atoms with Crippen LogP contribution in [-0.2, 0) is 10.0 Å². The van der Waals surface area contributed by atoms with Gasteiger partial charge in [-0.3, -0.25) is 0 Å². The van der Waals surface area contributed by atoms with Crippen LogP contribution in [0.2, 0.25) is 0 Å². The molecule has 1 saturated heterocycles. The van der Waals surface area contributed by atoms with Crippen molar-refractivity contribution < 1.29 is 13.6 Å². The summed E-state index contributed by atoms with van der Waals surface area (Å²) >= 11 is 0. The van der Waals surface area contributed by atoms with Crippen molar-refractivity contribution in [3.8, 4) is 0 Å². The van der Waals surface area contributed by atoms with E-state index in [1.165, 1.54) is 0 Å². The molecule has 0 aromatic rings. The van der Waals surface area contributed by atoms with Gasteiger partial charge in [-0.2, -0.15) is 0 Å². The molecule has 3 fully saturated rings. The van der Waals surface area contributed by atoms with Crippen molar-refractivity contribution in [1.82, 2.24) is 4.31 Å². The lowest BCUT2D eigenvalue weighted by Crippen LogP contribution is -2.52. The highest BCUT2D eigenvalue weighted by Crippen LogP contribution is 2.59. The molecule has 0 unspecified atom stereocenters. The van der Waals surface area contributed by atoms with Crippen LogP contribution < -0.4 is 0 Å². The Morgan fingerprint density at radius 2 is 1.86 bits per heavy atom. The number of rotatable bonds is 2. The van der Waals surface area contributed by atoms with E-state index in [1.807, 2.05) is 0 Å². The first-order valence-corrected chi connectivity index (χ1v) is 9.53. The summed E-state index contributed by atoms with van der Waals surface area (Å²) in [5.74, 6) is 0.538. The van der Waals surface area contributed by atoms with Crippen LogP contribution in [0.3, 0.4) is 0 Å². The molecule has 2 bridgehead atoms. The number of fused-ring (bicyclic) bond motifs is 2. The first kappa shape index (κ1) is 15.3. The summed E-state index contributed by atoms with van der Waals surface area (Å²) in [5, 5.41) is 12.2. The smallest absolute Gasteiger partial charge is 0.222 e. The molecule has 3 rings (SSSR count). The Morgan fingerprint density at radius 3 is 2.43 bits per heavy atom. The number of nitrogens with zero attached hydrogens (tertiary/aromatic N) is 2. The van der Waals surface area contributed by atoms with E-state index in [-0.39, 0.29) is 17.3 Å². The molecule has 0 aromatic carbocycles. The van der Waals surface area contributed by atoms with Crippen molar-refractivity contribution in [2.24, 2.45) is 28.3 Å². The van der Waals surface area contributed by atoms with Gasteiger partial charge in [-0.25, -0.2) is 12.7 Å². The van der Waals surface area contributed by atoms with E-state index in [0.717, 1.165) is 25.7 Å². The molecule has 21 heavy (non-hydrogen) atoms. The molecule has 0 radical (unpaired) electrons. The van der Waals surface area contributed by atoms with Gasteiger partial charge in [0.05, 0.1) is 5.71 Å². The average molecular weight is 314 g/mol. The first-order chi connectivity index (χ1) is 9.81. The van der Waals surface area contributed by atoms with Gasteiger partial charge in [0, 0.05) is 19.0 Å². The zero-order valence-corrected chi connectivity index (χ0v) is 13.9. The summed E-state index contributed by atoms with van der Waals surface area (Å²) in [6.07, 6.45) is 3.81. The van der Waals surface area contributed by atoms with Crippen LogP contribution in [0, 0.1) is 23.2 Å². The highest BCUT2D eigenvalue weighted by atomic mass is 32.2. The summed E-state index contributed by atoms with van der Waals surface area (Å²) in [6, 6.07) is 0. The molecule has 0 aromatic heterocycles. The third-order valence-electron chi connectivity index (χ3n) is 6.39. The number of sulfonamides is 1. The van der Waals surface area contributed by atoms with Gasteiger partial charge in [0.1, 0.15) is 5.25 Å². The Bertz CT molecular complexity index is 549. The Labute approximate surface area is 127 Å². The second-order valence-corrected chi connectivity index (χ2v) is 9.56. The van der Waals surface area contributed by atoms with E-state index in [4.69, 9.17) is 0 Å². The monoisotopic (exact) mass is 314 g/mol.